The Balaban J connectivity index is 1.99. The molecule has 2 nitrogen and oxygen atoms in total. The van der Waals surface area contributed by atoms with Gasteiger partial charge in [-0.1, -0.05) is 18.5 Å². The molecule has 0 aliphatic heterocycles. The molecule has 0 fully saturated rings. The third kappa shape index (κ3) is 3.17. The SMILES string of the molecule is CCc1nc(CNc2ccc(F)c(Cl)c2)cs1. The smallest absolute Gasteiger partial charge is 0.141 e. The number of anilines is 1. The molecule has 0 spiro atoms. The van der Waals surface area contributed by atoms with Crippen LogP contribution < -0.4 is 5.32 Å². The zero-order chi connectivity index (χ0) is 12.3. The van der Waals surface area contributed by atoms with E-state index >= 15 is 0 Å². The molecule has 1 aromatic carbocycles. The molecule has 5 heteroatoms. The van der Waals surface area contributed by atoms with Crippen LogP contribution in [0.1, 0.15) is 17.6 Å². The number of hydrogen-bond donors (Lipinski definition) is 1. The van der Waals surface area contributed by atoms with Crippen molar-refractivity contribution in [3.05, 3.63) is 45.1 Å². The second kappa shape index (κ2) is 5.47. The van der Waals surface area contributed by atoms with Crippen molar-refractivity contribution in [1.82, 2.24) is 4.98 Å². The van der Waals surface area contributed by atoms with Gasteiger partial charge in [0.2, 0.25) is 0 Å². The number of benzene rings is 1. The minimum absolute atomic E-state index is 0.127. The first-order valence-corrected chi connectivity index (χ1v) is 6.57. The van der Waals surface area contributed by atoms with Crippen molar-refractivity contribution in [2.75, 3.05) is 5.32 Å². The third-order valence-corrected chi connectivity index (χ3v) is 3.63. The molecule has 0 saturated carbocycles. The topological polar surface area (TPSA) is 24.9 Å². The molecule has 0 amide bonds. The Morgan fingerprint density at radius 2 is 2.29 bits per heavy atom. The van der Waals surface area contributed by atoms with Gasteiger partial charge in [-0.25, -0.2) is 9.37 Å². The van der Waals surface area contributed by atoms with Gasteiger partial charge in [-0.3, -0.25) is 0 Å². The highest BCUT2D eigenvalue weighted by Gasteiger charge is 2.02. The van der Waals surface area contributed by atoms with Crippen molar-refractivity contribution in [3.8, 4) is 0 Å². The summed E-state index contributed by atoms with van der Waals surface area (Å²) >= 11 is 7.35. The lowest BCUT2D eigenvalue weighted by molar-refractivity contribution is 0.628. The van der Waals surface area contributed by atoms with Crippen LogP contribution in [0, 0.1) is 5.82 Å². The van der Waals surface area contributed by atoms with E-state index in [1.807, 2.05) is 5.38 Å². The van der Waals surface area contributed by atoms with Gasteiger partial charge in [-0.15, -0.1) is 11.3 Å². The number of thiazole rings is 1. The summed E-state index contributed by atoms with van der Waals surface area (Å²) in [5.74, 6) is -0.404. The fraction of sp³-hybridized carbons (Fsp3) is 0.250. The minimum atomic E-state index is -0.404. The molecule has 0 bridgehead atoms. The number of halogens is 2. The van der Waals surface area contributed by atoms with Gasteiger partial charge in [-0.2, -0.15) is 0 Å². The Bertz CT molecular complexity index is 513. The molecule has 0 atom stereocenters. The van der Waals surface area contributed by atoms with Crippen molar-refractivity contribution >= 4 is 28.6 Å². The van der Waals surface area contributed by atoms with E-state index in [4.69, 9.17) is 11.6 Å². The first-order valence-electron chi connectivity index (χ1n) is 5.31. The predicted molar refractivity (Wildman–Crippen MR) is 70.2 cm³/mol. The number of nitrogens with zero attached hydrogens (tertiary/aromatic N) is 1. The average molecular weight is 271 g/mol. The van der Waals surface area contributed by atoms with Crippen LogP contribution in [0.3, 0.4) is 0 Å². The number of rotatable bonds is 4. The van der Waals surface area contributed by atoms with Crippen molar-refractivity contribution in [3.63, 3.8) is 0 Å². The van der Waals surface area contributed by atoms with E-state index < -0.39 is 5.82 Å². The van der Waals surface area contributed by atoms with Crippen LogP contribution in [0.4, 0.5) is 10.1 Å². The predicted octanol–water partition coefficient (Wildman–Crippen LogP) is 4.11. The second-order valence-corrected chi connectivity index (χ2v) is 4.92. The Hall–Kier alpha value is -1.13. The van der Waals surface area contributed by atoms with Gasteiger partial charge >= 0.3 is 0 Å². The van der Waals surface area contributed by atoms with Crippen LogP contribution in [0.5, 0.6) is 0 Å². The Morgan fingerprint density at radius 1 is 1.47 bits per heavy atom. The summed E-state index contributed by atoms with van der Waals surface area (Å²) in [6, 6.07) is 4.58. The van der Waals surface area contributed by atoms with Gasteiger partial charge in [0.25, 0.3) is 0 Å². The maximum Gasteiger partial charge on any atom is 0.141 e. The summed E-state index contributed by atoms with van der Waals surface area (Å²) in [6.07, 6.45) is 0.951. The standard InChI is InChI=1S/C12H12ClFN2S/c1-2-12-16-9(7-17-12)6-15-8-3-4-11(14)10(13)5-8/h3-5,7,15H,2,6H2,1H3. The largest absolute Gasteiger partial charge is 0.379 e. The fourth-order valence-electron chi connectivity index (χ4n) is 1.39. The molecule has 0 saturated heterocycles. The van der Waals surface area contributed by atoms with Gasteiger partial charge in [0.05, 0.1) is 22.3 Å². The molecule has 17 heavy (non-hydrogen) atoms. The van der Waals surface area contributed by atoms with Gasteiger partial charge in [0.1, 0.15) is 5.82 Å². The Labute approximate surface area is 108 Å². The molecule has 1 N–H and O–H groups in total. The first-order chi connectivity index (χ1) is 8.19. The van der Waals surface area contributed by atoms with E-state index in [0.29, 0.717) is 6.54 Å². The quantitative estimate of drug-likeness (QED) is 0.904. The molecule has 0 radical (unpaired) electrons. The number of nitrogens with one attached hydrogen (secondary N) is 1. The third-order valence-electron chi connectivity index (χ3n) is 2.29. The highest BCUT2D eigenvalue weighted by atomic mass is 35.5. The van der Waals surface area contributed by atoms with Gasteiger partial charge < -0.3 is 5.32 Å². The number of aryl methyl sites for hydroxylation is 1. The maximum absolute atomic E-state index is 12.9. The van der Waals surface area contributed by atoms with Crippen molar-refractivity contribution in [2.24, 2.45) is 0 Å². The van der Waals surface area contributed by atoms with Crippen molar-refractivity contribution < 1.29 is 4.39 Å². The van der Waals surface area contributed by atoms with Crippen LogP contribution in [-0.2, 0) is 13.0 Å². The summed E-state index contributed by atoms with van der Waals surface area (Å²) in [4.78, 5) is 4.43. The molecule has 0 aliphatic rings. The van der Waals surface area contributed by atoms with E-state index in [9.17, 15) is 4.39 Å². The van der Waals surface area contributed by atoms with Crippen molar-refractivity contribution in [2.45, 2.75) is 19.9 Å². The Morgan fingerprint density at radius 3 is 2.94 bits per heavy atom. The highest BCUT2D eigenvalue weighted by Crippen LogP contribution is 2.20. The summed E-state index contributed by atoms with van der Waals surface area (Å²) in [5.41, 5.74) is 1.79. The molecule has 0 unspecified atom stereocenters. The van der Waals surface area contributed by atoms with Gasteiger partial charge in [0.15, 0.2) is 0 Å². The summed E-state index contributed by atoms with van der Waals surface area (Å²) in [6.45, 7) is 2.70. The normalized spacial score (nSPS) is 10.5. The summed E-state index contributed by atoms with van der Waals surface area (Å²) < 4.78 is 12.9. The lowest BCUT2D eigenvalue weighted by Crippen LogP contribution is -2.00. The van der Waals surface area contributed by atoms with Crippen LogP contribution in [0.2, 0.25) is 5.02 Å². The van der Waals surface area contributed by atoms with E-state index in [-0.39, 0.29) is 5.02 Å². The van der Waals surface area contributed by atoms with Crippen molar-refractivity contribution in [1.29, 1.82) is 0 Å². The minimum Gasteiger partial charge on any atom is -0.379 e. The van der Waals surface area contributed by atoms with Crippen LogP contribution in [0.15, 0.2) is 23.6 Å². The van der Waals surface area contributed by atoms with Crippen LogP contribution >= 0.6 is 22.9 Å². The van der Waals surface area contributed by atoms with Gasteiger partial charge in [-0.05, 0) is 24.6 Å². The molecule has 0 aliphatic carbocycles. The monoisotopic (exact) mass is 270 g/mol. The maximum atomic E-state index is 12.9. The Kier molecular flexibility index (Phi) is 3.97. The van der Waals surface area contributed by atoms with Crippen LogP contribution in [-0.4, -0.2) is 4.98 Å². The zero-order valence-electron chi connectivity index (χ0n) is 9.34. The molecule has 90 valence electrons. The molecular formula is C12H12ClFN2S. The summed E-state index contributed by atoms with van der Waals surface area (Å²) in [5, 5.41) is 6.44. The number of hydrogen-bond acceptors (Lipinski definition) is 3. The zero-order valence-corrected chi connectivity index (χ0v) is 10.9. The second-order valence-electron chi connectivity index (χ2n) is 3.57. The molecule has 2 aromatic rings. The molecule has 2 rings (SSSR count). The van der Waals surface area contributed by atoms with E-state index in [1.54, 1.807) is 23.5 Å². The van der Waals surface area contributed by atoms with E-state index in [1.165, 1.54) is 6.07 Å². The summed E-state index contributed by atoms with van der Waals surface area (Å²) in [7, 11) is 0. The molecule has 1 heterocycles. The lowest BCUT2D eigenvalue weighted by Gasteiger charge is -2.05. The van der Waals surface area contributed by atoms with Crippen LogP contribution in [0.25, 0.3) is 0 Å². The number of aromatic nitrogens is 1. The highest BCUT2D eigenvalue weighted by molar-refractivity contribution is 7.09. The molecule has 1 aromatic heterocycles. The first kappa shape index (κ1) is 12.3. The van der Waals surface area contributed by atoms with E-state index in [0.717, 1.165) is 22.8 Å². The molecular weight excluding hydrogens is 259 g/mol. The lowest BCUT2D eigenvalue weighted by atomic mass is 10.3. The van der Waals surface area contributed by atoms with Gasteiger partial charge in [0, 0.05) is 11.1 Å². The van der Waals surface area contributed by atoms with E-state index in [2.05, 4.69) is 17.2 Å². The average Bonchev–Trinajstić information content (AvgIpc) is 2.79. The fourth-order valence-corrected chi connectivity index (χ4v) is 2.32.